The molecule has 3 aromatic rings. The zero-order chi connectivity index (χ0) is 22.4. The minimum atomic E-state index is -0.480. The third-order valence-electron chi connectivity index (χ3n) is 4.48. The van der Waals surface area contributed by atoms with Crippen LogP contribution >= 0.6 is 11.3 Å². The average Bonchev–Trinajstić information content (AvgIpc) is 3.13. The van der Waals surface area contributed by atoms with E-state index in [-0.39, 0.29) is 5.82 Å². The van der Waals surface area contributed by atoms with E-state index in [4.69, 9.17) is 18.9 Å². The van der Waals surface area contributed by atoms with Crippen LogP contribution in [0.1, 0.15) is 5.56 Å². The van der Waals surface area contributed by atoms with Crippen molar-refractivity contribution < 1.29 is 28.1 Å². The molecule has 7 nitrogen and oxygen atoms in total. The Bertz CT molecular complexity index is 1160. The predicted molar refractivity (Wildman–Crippen MR) is 117 cm³/mol. The number of para-hydroxylation sites is 1. The maximum absolute atomic E-state index is 14.4. The summed E-state index contributed by atoms with van der Waals surface area (Å²) >= 11 is 1.25. The molecule has 0 unspecified atom stereocenters. The third kappa shape index (κ3) is 4.95. The lowest BCUT2D eigenvalue weighted by Gasteiger charge is -2.12. The Kier molecular flexibility index (Phi) is 7.43. The number of amides is 1. The highest BCUT2D eigenvalue weighted by Crippen LogP contribution is 2.38. The van der Waals surface area contributed by atoms with Gasteiger partial charge in [0.2, 0.25) is 5.75 Å². The third-order valence-corrected chi connectivity index (χ3v) is 5.53. The number of halogens is 1. The van der Waals surface area contributed by atoms with E-state index in [1.807, 2.05) is 0 Å². The quantitative estimate of drug-likeness (QED) is 0.494. The maximum atomic E-state index is 14.4. The molecule has 1 amide bonds. The van der Waals surface area contributed by atoms with Gasteiger partial charge in [0, 0.05) is 19.7 Å². The molecule has 164 valence electrons. The standard InChI is InChI=1S/C22H23FN2O5S/c1-27-11-10-25-20-15(23)6-5-7-18(20)31-22(25)24-19(26)9-8-14-12-16(28-2)21(30-4)17(13-14)29-3/h5-9,12-13H,10-11H2,1-4H3. The monoisotopic (exact) mass is 446 g/mol. The second-order valence-corrected chi connectivity index (χ2v) is 7.37. The van der Waals surface area contributed by atoms with E-state index in [9.17, 15) is 9.18 Å². The van der Waals surface area contributed by atoms with Crippen molar-refractivity contribution in [1.29, 1.82) is 0 Å². The zero-order valence-corrected chi connectivity index (χ0v) is 18.5. The van der Waals surface area contributed by atoms with Crippen molar-refractivity contribution >= 4 is 33.5 Å². The van der Waals surface area contributed by atoms with Gasteiger partial charge in [0.1, 0.15) is 5.82 Å². The molecule has 0 aliphatic heterocycles. The minimum absolute atomic E-state index is 0.364. The summed E-state index contributed by atoms with van der Waals surface area (Å²) < 4.78 is 37.8. The number of hydrogen-bond acceptors (Lipinski definition) is 6. The lowest BCUT2D eigenvalue weighted by atomic mass is 10.1. The number of carbonyl (C=O) groups is 1. The Morgan fingerprint density at radius 2 is 1.84 bits per heavy atom. The molecular weight excluding hydrogens is 423 g/mol. The lowest BCUT2D eigenvalue weighted by Crippen LogP contribution is -2.19. The van der Waals surface area contributed by atoms with Crippen LogP contribution in [0.5, 0.6) is 17.2 Å². The van der Waals surface area contributed by atoms with E-state index in [0.29, 0.717) is 51.0 Å². The van der Waals surface area contributed by atoms with Gasteiger partial charge in [-0.1, -0.05) is 17.4 Å². The second kappa shape index (κ2) is 10.2. The second-order valence-electron chi connectivity index (χ2n) is 6.36. The van der Waals surface area contributed by atoms with Crippen molar-refractivity contribution in [2.24, 2.45) is 4.99 Å². The van der Waals surface area contributed by atoms with E-state index < -0.39 is 5.91 Å². The van der Waals surface area contributed by atoms with Crippen LogP contribution in [0.3, 0.4) is 0 Å². The Morgan fingerprint density at radius 3 is 2.45 bits per heavy atom. The fourth-order valence-electron chi connectivity index (χ4n) is 3.06. The highest BCUT2D eigenvalue weighted by atomic mass is 32.1. The predicted octanol–water partition coefficient (Wildman–Crippen LogP) is 3.65. The van der Waals surface area contributed by atoms with Crippen molar-refractivity contribution in [3.05, 3.63) is 52.6 Å². The summed E-state index contributed by atoms with van der Waals surface area (Å²) in [7, 11) is 6.12. The van der Waals surface area contributed by atoms with E-state index in [2.05, 4.69) is 4.99 Å². The molecule has 31 heavy (non-hydrogen) atoms. The number of aromatic nitrogens is 1. The maximum Gasteiger partial charge on any atom is 0.272 e. The molecule has 0 atom stereocenters. The van der Waals surface area contributed by atoms with E-state index in [0.717, 1.165) is 0 Å². The summed E-state index contributed by atoms with van der Waals surface area (Å²) in [5.41, 5.74) is 1.08. The Morgan fingerprint density at radius 1 is 1.13 bits per heavy atom. The van der Waals surface area contributed by atoms with Gasteiger partial charge in [-0.3, -0.25) is 4.79 Å². The number of benzene rings is 2. The number of ether oxygens (including phenoxy) is 4. The Balaban J connectivity index is 1.97. The molecule has 1 heterocycles. The van der Waals surface area contributed by atoms with Gasteiger partial charge in [-0.2, -0.15) is 4.99 Å². The van der Waals surface area contributed by atoms with Crippen molar-refractivity contribution in [2.75, 3.05) is 35.0 Å². The van der Waals surface area contributed by atoms with E-state index >= 15 is 0 Å². The summed E-state index contributed by atoms with van der Waals surface area (Å²) in [4.78, 5) is 17.1. The van der Waals surface area contributed by atoms with Gasteiger partial charge in [-0.15, -0.1) is 0 Å². The van der Waals surface area contributed by atoms with Gasteiger partial charge in [-0.05, 0) is 35.9 Å². The smallest absolute Gasteiger partial charge is 0.272 e. The van der Waals surface area contributed by atoms with Crippen LogP contribution in [-0.2, 0) is 16.1 Å². The molecule has 0 saturated heterocycles. The first-order valence-electron chi connectivity index (χ1n) is 9.36. The van der Waals surface area contributed by atoms with Crippen LogP contribution < -0.4 is 19.0 Å². The highest BCUT2D eigenvalue weighted by molar-refractivity contribution is 7.16. The summed E-state index contributed by atoms with van der Waals surface area (Å²) in [5.74, 6) is 0.565. The number of carbonyl (C=O) groups excluding carboxylic acids is 1. The largest absolute Gasteiger partial charge is 0.493 e. The number of methoxy groups -OCH3 is 4. The molecule has 9 heteroatoms. The molecule has 0 saturated carbocycles. The molecule has 3 rings (SSSR count). The van der Waals surface area contributed by atoms with Crippen LogP contribution in [0.2, 0.25) is 0 Å². The molecule has 0 bridgehead atoms. The molecular formula is C22H23FN2O5S. The highest BCUT2D eigenvalue weighted by Gasteiger charge is 2.13. The summed E-state index contributed by atoms with van der Waals surface area (Å²) in [5, 5.41) is 0. The first-order chi connectivity index (χ1) is 15.0. The minimum Gasteiger partial charge on any atom is -0.493 e. The normalized spacial score (nSPS) is 12.0. The first-order valence-corrected chi connectivity index (χ1v) is 10.2. The van der Waals surface area contributed by atoms with Crippen LogP contribution in [0, 0.1) is 5.82 Å². The molecule has 0 radical (unpaired) electrons. The summed E-state index contributed by atoms with van der Waals surface area (Å²) in [6.07, 6.45) is 2.94. The fourth-order valence-corrected chi connectivity index (χ4v) is 4.13. The van der Waals surface area contributed by atoms with Gasteiger partial charge in [-0.25, -0.2) is 4.39 Å². The number of fused-ring (bicyclic) bond motifs is 1. The Hall–Kier alpha value is -3.17. The number of nitrogens with zero attached hydrogens (tertiary/aromatic N) is 2. The van der Waals surface area contributed by atoms with E-state index in [1.165, 1.54) is 44.8 Å². The van der Waals surface area contributed by atoms with Gasteiger partial charge < -0.3 is 23.5 Å². The van der Waals surface area contributed by atoms with Crippen molar-refractivity contribution in [1.82, 2.24) is 4.57 Å². The number of hydrogen-bond donors (Lipinski definition) is 0. The number of rotatable bonds is 8. The molecule has 0 aliphatic rings. The zero-order valence-electron chi connectivity index (χ0n) is 17.7. The first kappa shape index (κ1) is 22.5. The van der Waals surface area contributed by atoms with E-state index in [1.54, 1.807) is 42.0 Å². The van der Waals surface area contributed by atoms with Crippen LogP contribution in [0.25, 0.3) is 16.3 Å². The molecule has 1 aromatic heterocycles. The topological polar surface area (TPSA) is 71.3 Å². The molecule has 0 fully saturated rings. The molecule has 0 aliphatic carbocycles. The lowest BCUT2D eigenvalue weighted by molar-refractivity contribution is -0.113. The summed E-state index contributed by atoms with van der Waals surface area (Å²) in [6, 6.07) is 8.25. The number of thiazole rings is 1. The van der Waals surface area contributed by atoms with Gasteiger partial charge in [0.25, 0.3) is 5.91 Å². The van der Waals surface area contributed by atoms with Crippen molar-refractivity contribution in [2.45, 2.75) is 6.54 Å². The Labute approximate surface area is 183 Å². The van der Waals surface area contributed by atoms with Gasteiger partial charge in [0.05, 0.1) is 38.2 Å². The van der Waals surface area contributed by atoms with Gasteiger partial charge >= 0.3 is 0 Å². The van der Waals surface area contributed by atoms with Crippen LogP contribution in [0.15, 0.2) is 41.4 Å². The molecule has 2 aromatic carbocycles. The van der Waals surface area contributed by atoms with Crippen LogP contribution in [0.4, 0.5) is 4.39 Å². The van der Waals surface area contributed by atoms with Gasteiger partial charge in [0.15, 0.2) is 16.3 Å². The average molecular weight is 447 g/mol. The summed E-state index contributed by atoms with van der Waals surface area (Å²) in [6.45, 7) is 0.739. The fraction of sp³-hybridized carbons (Fsp3) is 0.273. The molecule has 0 spiro atoms. The SMILES string of the molecule is COCCn1c(=NC(=O)C=Cc2cc(OC)c(OC)c(OC)c2)sc2cccc(F)c21. The van der Waals surface area contributed by atoms with Crippen molar-refractivity contribution in [3.63, 3.8) is 0 Å². The molecule has 0 N–H and O–H groups in total. The van der Waals surface area contributed by atoms with Crippen molar-refractivity contribution in [3.8, 4) is 17.2 Å². The van der Waals surface area contributed by atoms with Crippen LogP contribution in [-0.4, -0.2) is 45.5 Å².